The first kappa shape index (κ1) is 34.5. The minimum atomic E-state index is -0.670. The molecule has 0 bridgehead atoms. The maximum Gasteiger partial charge on any atom is 0.345 e. The van der Waals surface area contributed by atoms with Crippen LogP contribution in [0.5, 0.6) is 5.75 Å². The molecule has 1 heterocycles. The summed E-state index contributed by atoms with van der Waals surface area (Å²) in [6.07, 6.45) is 3.09. The number of carbonyl (C=O) groups excluding carboxylic acids is 2. The van der Waals surface area contributed by atoms with E-state index in [2.05, 4.69) is 9.89 Å². The zero-order valence-electron chi connectivity index (χ0n) is 21.7. The number of amides is 1. The van der Waals surface area contributed by atoms with Gasteiger partial charge in [0.15, 0.2) is 5.96 Å². The van der Waals surface area contributed by atoms with E-state index in [0.717, 1.165) is 37.0 Å². The van der Waals surface area contributed by atoms with Gasteiger partial charge in [0.1, 0.15) is 11.6 Å². The molecule has 10 nitrogen and oxygen atoms in total. The Morgan fingerprint density at radius 2 is 1.62 bits per heavy atom. The highest BCUT2D eigenvalue weighted by molar-refractivity contribution is 6.02. The predicted molar refractivity (Wildman–Crippen MR) is 166 cm³/mol. The number of rotatable bonds is 9. The van der Waals surface area contributed by atoms with Crippen LogP contribution in [0.1, 0.15) is 39.9 Å². The highest BCUT2D eigenvalue weighted by atomic mass is 35.5. The van der Waals surface area contributed by atoms with E-state index < -0.39 is 11.9 Å². The molecule has 0 aromatic heterocycles. The number of nitrogens with two attached hydrogens (primary N) is 4. The number of nitrogens with zero attached hydrogens (tertiary/aromatic N) is 2. The third-order valence-electron chi connectivity index (χ3n) is 6.40. The summed E-state index contributed by atoms with van der Waals surface area (Å²) in [6, 6.07) is 13.7. The number of hydrogen-bond acceptors (Lipinski definition) is 6. The largest absolute Gasteiger partial charge is 0.423 e. The number of likely N-dealkylation sites (tertiary alicyclic amines) is 1. The van der Waals surface area contributed by atoms with Gasteiger partial charge < -0.3 is 32.6 Å². The summed E-state index contributed by atoms with van der Waals surface area (Å²) in [5.74, 6) is -1.31. The lowest BCUT2D eigenvalue weighted by Crippen LogP contribution is -2.23. The number of hydrogen-bond donors (Lipinski definition) is 5. The molecule has 1 saturated heterocycles. The van der Waals surface area contributed by atoms with Crippen molar-refractivity contribution in [2.45, 2.75) is 25.7 Å². The first-order valence-electron chi connectivity index (χ1n) is 12.1. The Bertz CT molecular complexity index is 1410. The lowest BCUT2D eigenvalue weighted by Gasteiger charge is -2.16. The van der Waals surface area contributed by atoms with Gasteiger partial charge in [0.2, 0.25) is 5.91 Å². The van der Waals surface area contributed by atoms with Gasteiger partial charge in [0.25, 0.3) is 0 Å². The van der Waals surface area contributed by atoms with Gasteiger partial charge >= 0.3 is 5.97 Å². The van der Waals surface area contributed by atoms with Gasteiger partial charge in [-0.2, -0.15) is 0 Å². The van der Waals surface area contributed by atoms with Crippen LogP contribution in [-0.2, 0) is 17.6 Å². The zero-order valence-corrected chi connectivity index (χ0v) is 24.2. The van der Waals surface area contributed by atoms with Crippen molar-refractivity contribution in [1.82, 2.24) is 4.90 Å². The zero-order chi connectivity index (χ0) is 26.5. The maximum absolute atomic E-state index is 13.3. The van der Waals surface area contributed by atoms with Crippen LogP contribution in [0.25, 0.3) is 10.8 Å². The molecule has 1 fully saturated rings. The van der Waals surface area contributed by atoms with Gasteiger partial charge in [0.05, 0.1) is 17.7 Å². The fourth-order valence-corrected chi connectivity index (χ4v) is 4.58. The molecule has 40 heavy (non-hydrogen) atoms. The number of ether oxygens (including phenoxy) is 1. The molecule has 9 N–H and O–H groups in total. The van der Waals surface area contributed by atoms with E-state index in [0.29, 0.717) is 22.2 Å². The highest BCUT2D eigenvalue weighted by Gasteiger charge is 2.20. The lowest BCUT2D eigenvalue weighted by atomic mass is 9.98. The molecule has 4 rings (SSSR count). The first-order valence-corrected chi connectivity index (χ1v) is 12.1. The Labute approximate surface area is 251 Å². The van der Waals surface area contributed by atoms with Crippen molar-refractivity contribution in [2.24, 2.45) is 27.9 Å². The van der Waals surface area contributed by atoms with E-state index in [1.807, 2.05) is 6.07 Å². The molecule has 216 valence electrons. The van der Waals surface area contributed by atoms with Gasteiger partial charge in [-0.1, -0.05) is 24.3 Å². The molecular weight excluding hydrogens is 577 g/mol. The predicted octanol–water partition coefficient (Wildman–Crippen LogP) is 3.18. The SMILES string of the molecule is Cl.Cl.Cl.N=C(N)c1ccc2c(CC(N)=O)c(OC(=O)c3ccc(CCN4CCCC4)cc3N=C(N)N)ccc2c1. The Morgan fingerprint density at radius 1 is 0.925 bits per heavy atom. The smallest absolute Gasteiger partial charge is 0.345 e. The molecule has 3 aromatic rings. The molecule has 1 aliphatic heterocycles. The van der Waals surface area contributed by atoms with Gasteiger partial charge in [-0.05, 0) is 73.0 Å². The minimum absolute atomic E-state index is 0. The summed E-state index contributed by atoms with van der Waals surface area (Å²) in [7, 11) is 0. The van der Waals surface area contributed by atoms with Crippen LogP contribution < -0.4 is 27.7 Å². The standard InChI is InChI=1S/C27H31N7O3.3ClH/c28-24(35)15-21-19-7-4-18(25(29)30)14-17(19)5-8-23(21)37-26(36)20-6-3-16(13-22(20)33-27(31)32)9-12-34-10-1-2-11-34;;;/h3-8,13-14H,1-2,9-12,15H2,(H2,28,35)(H3,29,30)(H4,31,32,33);3*1H. The average Bonchev–Trinajstić information content (AvgIpc) is 3.37. The molecule has 0 spiro atoms. The summed E-state index contributed by atoms with van der Waals surface area (Å²) in [5.41, 5.74) is 24.9. The van der Waals surface area contributed by atoms with Gasteiger partial charge in [-0.25, -0.2) is 9.79 Å². The summed E-state index contributed by atoms with van der Waals surface area (Å²) in [4.78, 5) is 31.7. The normalized spacial score (nSPS) is 12.4. The quantitative estimate of drug-likeness (QED) is 0.106. The summed E-state index contributed by atoms with van der Waals surface area (Å²) < 4.78 is 5.75. The second-order valence-corrected chi connectivity index (χ2v) is 9.11. The lowest BCUT2D eigenvalue weighted by molar-refractivity contribution is -0.117. The Morgan fingerprint density at radius 3 is 2.25 bits per heavy atom. The molecule has 0 atom stereocenters. The van der Waals surface area contributed by atoms with Crippen molar-refractivity contribution in [1.29, 1.82) is 5.41 Å². The fraction of sp³-hybridized carbons (Fsp3) is 0.259. The Balaban J connectivity index is 0.00000267. The van der Waals surface area contributed by atoms with Crippen LogP contribution in [-0.4, -0.2) is 48.2 Å². The van der Waals surface area contributed by atoms with E-state index in [-0.39, 0.29) is 66.8 Å². The van der Waals surface area contributed by atoms with Crippen molar-refractivity contribution in [2.75, 3.05) is 19.6 Å². The molecule has 13 heteroatoms. The van der Waals surface area contributed by atoms with Crippen molar-refractivity contribution < 1.29 is 14.3 Å². The maximum atomic E-state index is 13.3. The highest BCUT2D eigenvalue weighted by Crippen LogP contribution is 2.31. The van der Waals surface area contributed by atoms with Crippen LogP contribution in [0, 0.1) is 5.41 Å². The van der Waals surface area contributed by atoms with Crippen LogP contribution in [0.3, 0.4) is 0 Å². The third kappa shape index (κ3) is 8.46. The first-order chi connectivity index (χ1) is 17.7. The van der Waals surface area contributed by atoms with Gasteiger partial charge in [0, 0.05) is 17.7 Å². The van der Waals surface area contributed by atoms with Crippen molar-refractivity contribution in [3.8, 4) is 5.75 Å². The second kappa shape index (κ2) is 15.3. The van der Waals surface area contributed by atoms with Crippen molar-refractivity contribution in [3.05, 3.63) is 70.8 Å². The molecular formula is C27H34Cl3N7O3. The second-order valence-electron chi connectivity index (χ2n) is 9.11. The van der Waals surface area contributed by atoms with Gasteiger partial charge in [-0.15, -0.1) is 37.2 Å². The van der Waals surface area contributed by atoms with Gasteiger partial charge in [-0.3, -0.25) is 10.2 Å². The van der Waals surface area contributed by atoms with Crippen LogP contribution in [0.15, 0.2) is 53.5 Å². The Kier molecular flexibility index (Phi) is 13.2. The number of primary amides is 1. The van der Waals surface area contributed by atoms with Crippen molar-refractivity contribution >= 4 is 77.4 Å². The van der Waals surface area contributed by atoms with Crippen LogP contribution >= 0.6 is 37.2 Å². The monoisotopic (exact) mass is 609 g/mol. The number of amidine groups is 1. The Hall–Kier alpha value is -3.57. The number of aliphatic imine (C=N–C) groups is 1. The molecule has 0 saturated carbocycles. The molecule has 3 aromatic carbocycles. The van der Waals surface area contributed by atoms with Crippen molar-refractivity contribution in [3.63, 3.8) is 0 Å². The minimum Gasteiger partial charge on any atom is -0.423 e. The van der Waals surface area contributed by atoms with Crippen LogP contribution in [0.2, 0.25) is 0 Å². The number of halogens is 3. The topological polar surface area (TPSA) is 187 Å². The van der Waals surface area contributed by atoms with E-state index in [4.69, 9.17) is 33.1 Å². The van der Waals surface area contributed by atoms with E-state index in [9.17, 15) is 9.59 Å². The van der Waals surface area contributed by atoms with Crippen LogP contribution in [0.4, 0.5) is 5.69 Å². The number of esters is 1. The number of nitrogen functional groups attached to an aromatic ring is 1. The fourth-order valence-electron chi connectivity index (χ4n) is 4.58. The van der Waals surface area contributed by atoms with E-state index in [1.165, 1.54) is 12.8 Å². The summed E-state index contributed by atoms with van der Waals surface area (Å²) in [6.45, 7) is 3.12. The molecule has 0 unspecified atom stereocenters. The number of fused-ring (bicyclic) bond motifs is 1. The molecule has 0 radical (unpaired) electrons. The molecule has 0 aliphatic carbocycles. The van der Waals surface area contributed by atoms with E-state index in [1.54, 1.807) is 42.5 Å². The number of guanidine groups is 1. The number of carbonyl (C=O) groups is 2. The average molecular weight is 611 g/mol. The summed E-state index contributed by atoms with van der Waals surface area (Å²) >= 11 is 0. The summed E-state index contributed by atoms with van der Waals surface area (Å²) in [5, 5.41) is 9.06. The number of benzene rings is 3. The number of nitrogens with one attached hydrogen (secondary N) is 1. The third-order valence-corrected chi connectivity index (χ3v) is 6.40. The molecule has 1 aliphatic rings. The molecule has 1 amide bonds. The van der Waals surface area contributed by atoms with E-state index >= 15 is 0 Å².